The molecule has 2 fully saturated rings. The van der Waals surface area contributed by atoms with Gasteiger partial charge in [0.15, 0.2) is 0 Å². The fourth-order valence-corrected chi connectivity index (χ4v) is 5.29. The molecule has 0 bridgehead atoms. The summed E-state index contributed by atoms with van der Waals surface area (Å²) in [6.07, 6.45) is 6.33. The number of carbonyl (C=O) groups excluding carboxylic acids is 1. The molecule has 2 aliphatic heterocycles. The summed E-state index contributed by atoms with van der Waals surface area (Å²) >= 11 is 0. The van der Waals surface area contributed by atoms with Crippen molar-refractivity contribution in [3.8, 4) is 0 Å². The predicted molar refractivity (Wildman–Crippen MR) is 105 cm³/mol. The van der Waals surface area contributed by atoms with Gasteiger partial charge < -0.3 is 4.90 Å². The second kappa shape index (κ2) is 7.53. The van der Waals surface area contributed by atoms with Crippen LogP contribution in [-0.2, 0) is 21.2 Å². The molecule has 1 N–H and O–H groups in total. The molecule has 27 heavy (non-hydrogen) atoms. The molecular formula is C20H29N3O3S. The van der Waals surface area contributed by atoms with Crippen molar-refractivity contribution in [1.29, 1.82) is 0 Å². The standard InChI is InChI=1S/C20H29N3O3S/c1-15-4-2-3-11-22(15)13-10-21-27(25,26)18-7-8-19-17(14-18)9-12-23(19)20(24)16-5-6-16/h7-8,14-16,21H,2-6,9-13H2,1H3. The van der Waals surface area contributed by atoms with Crippen molar-refractivity contribution in [1.82, 2.24) is 9.62 Å². The summed E-state index contributed by atoms with van der Waals surface area (Å²) in [6.45, 7) is 5.09. The van der Waals surface area contributed by atoms with Crippen LogP contribution in [0.25, 0.3) is 0 Å². The molecule has 148 valence electrons. The first-order valence-corrected chi connectivity index (χ1v) is 11.6. The topological polar surface area (TPSA) is 69.7 Å². The van der Waals surface area contributed by atoms with Crippen LogP contribution in [0.4, 0.5) is 5.69 Å². The lowest BCUT2D eigenvalue weighted by molar-refractivity contribution is -0.119. The Bertz CT molecular complexity index is 820. The molecule has 0 spiro atoms. The molecule has 1 aliphatic carbocycles. The van der Waals surface area contributed by atoms with E-state index in [1.165, 1.54) is 19.3 Å². The highest BCUT2D eigenvalue weighted by molar-refractivity contribution is 7.89. The first-order chi connectivity index (χ1) is 13.0. The fourth-order valence-electron chi connectivity index (χ4n) is 4.22. The summed E-state index contributed by atoms with van der Waals surface area (Å²) in [7, 11) is -3.52. The number of hydrogen-bond donors (Lipinski definition) is 1. The number of fused-ring (bicyclic) bond motifs is 1. The van der Waals surface area contributed by atoms with Gasteiger partial charge >= 0.3 is 0 Å². The van der Waals surface area contributed by atoms with Crippen LogP contribution >= 0.6 is 0 Å². The van der Waals surface area contributed by atoms with Gasteiger partial charge in [-0.1, -0.05) is 6.42 Å². The molecule has 4 rings (SSSR count). The van der Waals surface area contributed by atoms with Crippen molar-refractivity contribution in [3.05, 3.63) is 23.8 Å². The number of rotatable bonds is 6. The first-order valence-electron chi connectivity index (χ1n) is 10.1. The molecule has 6 nitrogen and oxygen atoms in total. The number of benzene rings is 1. The highest BCUT2D eigenvalue weighted by Crippen LogP contribution is 2.37. The van der Waals surface area contributed by atoms with Crippen LogP contribution in [0, 0.1) is 5.92 Å². The van der Waals surface area contributed by atoms with Crippen molar-refractivity contribution in [2.24, 2.45) is 5.92 Å². The van der Waals surface area contributed by atoms with E-state index in [1.807, 2.05) is 4.90 Å². The van der Waals surface area contributed by atoms with Crippen LogP contribution in [0.15, 0.2) is 23.1 Å². The van der Waals surface area contributed by atoms with E-state index in [-0.39, 0.29) is 11.8 Å². The van der Waals surface area contributed by atoms with Crippen LogP contribution in [0.2, 0.25) is 0 Å². The van der Waals surface area contributed by atoms with E-state index in [4.69, 9.17) is 0 Å². The fraction of sp³-hybridized carbons (Fsp3) is 0.650. The third kappa shape index (κ3) is 4.05. The largest absolute Gasteiger partial charge is 0.312 e. The van der Waals surface area contributed by atoms with Crippen molar-refractivity contribution in [3.63, 3.8) is 0 Å². The quantitative estimate of drug-likeness (QED) is 0.807. The summed E-state index contributed by atoms with van der Waals surface area (Å²) in [6, 6.07) is 5.69. The highest BCUT2D eigenvalue weighted by atomic mass is 32.2. The minimum Gasteiger partial charge on any atom is -0.312 e. The van der Waals surface area contributed by atoms with Crippen LogP contribution < -0.4 is 9.62 Å². The lowest BCUT2D eigenvalue weighted by atomic mass is 10.0. The highest BCUT2D eigenvalue weighted by Gasteiger charge is 2.36. The van der Waals surface area contributed by atoms with Crippen LogP contribution in [-0.4, -0.2) is 51.4 Å². The van der Waals surface area contributed by atoms with Gasteiger partial charge in [-0.15, -0.1) is 0 Å². The Morgan fingerprint density at radius 2 is 2.00 bits per heavy atom. The summed E-state index contributed by atoms with van der Waals surface area (Å²) in [5, 5.41) is 0. The number of likely N-dealkylation sites (tertiary alicyclic amines) is 1. The molecule has 1 aromatic rings. The predicted octanol–water partition coefficient (Wildman–Crippen LogP) is 2.14. The molecule has 2 heterocycles. The molecule has 1 amide bonds. The number of carbonyl (C=O) groups is 1. The third-order valence-electron chi connectivity index (χ3n) is 6.08. The third-order valence-corrected chi connectivity index (χ3v) is 7.54. The van der Waals surface area contributed by atoms with Crippen LogP contribution in [0.1, 0.15) is 44.6 Å². The zero-order valence-corrected chi connectivity index (χ0v) is 16.8. The minimum atomic E-state index is -3.52. The van der Waals surface area contributed by atoms with Crippen molar-refractivity contribution in [2.45, 2.75) is 56.4 Å². The Morgan fingerprint density at radius 1 is 1.19 bits per heavy atom. The molecule has 0 radical (unpaired) electrons. The SMILES string of the molecule is CC1CCCCN1CCNS(=O)(=O)c1ccc2c(c1)CCN2C(=O)C1CC1. The molecular weight excluding hydrogens is 362 g/mol. The first kappa shape index (κ1) is 18.9. The maximum atomic E-state index is 12.7. The summed E-state index contributed by atoms with van der Waals surface area (Å²) in [5.41, 5.74) is 1.84. The molecule has 7 heteroatoms. The second-order valence-electron chi connectivity index (χ2n) is 8.08. The Kier molecular flexibility index (Phi) is 5.27. The van der Waals surface area contributed by atoms with E-state index >= 15 is 0 Å². The lowest BCUT2D eigenvalue weighted by Crippen LogP contribution is -2.42. The Labute approximate surface area is 162 Å². The average molecular weight is 392 g/mol. The van der Waals surface area contributed by atoms with Gasteiger partial charge in [-0.3, -0.25) is 9.69 Å². The van der Waals surface area contributed by atoms with Gasteiger partial charge in [0.25, 0.3) is 0 Å². The van der Waals surface area contributed by atoms with E-state index in [1.54, 1.807) is 18.2 Å². The zero-order chi connectivity index (χ0) is 19.0. The van der Waals surface area contributed by atoms with Crippen LogP contribution in [0.3, 0.4) is 0 Å². The van der Waals surface area contributed by atoms with E-state index in [2.05, 4.69) is 16.5 Å². The number of piperidine rings is 1. The van der Waals surface area contributed by atoms with Gasteiger partial charge in [-0.05, 0) is 69.3 Å². The normalized spacial score (nSPS) is 23.4. The van der Waals surface area contributed by atoms with Gasteiger partial charge in [0, 0.05) is 37.3 Å². The molecule has 1 aromatic carbocycles. The Balaban J connectivity index is 1.39. The van der Waals surface area contributed by atoms with Crippen molar-refractivity contribution in [2.75, 3.05) is 31.1 Å². The number of nitrogens with zero attached hydrogens (tertiary/aromatic N) is 2. The number of nitrogens with one attached hydrogen (secondary N) is 1. The molecule has 3 aliphatic rings. The number of sulfonamides is 1. The molecule has 1 unspecified atom stereocenters. The second-order valence-corrected chi connectivity index (χ2v) is 9.85. The Hall–Kier alpha value is -1.44. The van der Waals surface area contributed by atoms with E-state index in [9.17, 15) is 13.2 Å². The van der Waals surface area contributed by atoms with E-state index < -0.39 is 10.0 Å². The zero-order valence-electron chi connectivity index (χ0n) is 16.0. The number of hydrogen-bond acceptors (Lipinski definition) is 4. The maximum absolute atomic E-state index is 12.7. The van der Waals surface area contributed by atoms with E-state index in [0.717, 1.165) is 43.6 Å². The van der Waals surface area contributed by atoms with Crippen LogP contribution in [0.5, 0.6) is 0 Å². The van der Waals surface area contributed by atoms with Gasteiger partial charge in [0.2, 0.25) is 15.9 Å². The smallest absolute Gasteiger partial charge is 0.240 e. The number of amides is 1. The molecule has 1 saturated carbocycles. The lowest BCUT2D eigenvalue weighted by Gasteiger charge is -2.33. The Morgan fingerprint density at radius 3 is 2.74 bits per heavy atom. The van der Waals surface area contributed by atoms with Crippen molar-refractivity contribution < 1.29 is 13.2 Å². The minimum absolute atomic E-state index is 0.179. The average Bonchev–Trinajstić information content (AvgIpc) is 3.41. The van der Waals surface area contributed by atoms with Gasteiger partial charge in [0.1, 0.15) is 0 Å². The summed E-state index contributed by atoms with van der Waals surface area (Å²) in [4.78, 5) is 16.8. The molecule has 1 saturated heterocycles. The summed E-state index contributed by atoms with van der Waals surface area (Å²) in [5.74, 6) is 0.372. The summed E-state index contributed by atoms with van der Waals surface area (Å²) < 4.78 is 28.1. The molecule has 0 aromatic heterocycles. The monoisotopic (exact) mass is 391 g/mol. The van der Waals surface area contributed by atoms with Gasteiger partial charge in [-0.25, -0.2) is 13.1 Å². The van der Waals surface area contributed by atoms with Crippen molar-refractivity contribution >= 4 is 21.6 Å². The van der Waals surface area contributed by atoms with Gasteiger partial charge in [-0.2, -0.15) is 0 Å². The van der Waals surface area contributed by atoms with Gasteiger partial charge in [0.05, 0.1) is 4.90 Å². The number of anilines is 1. The van der Waals surface area contributed by atoms with E-state index in [0.29, 0.717) is 24.0 Å². The maximum Gasteiger partial charge on any atom is 0.240 e. The molecule has 1 atom stereocenters.